The lowest BCUT2D eigenvalue weighted by atomic mass is 9.69. The summed E-state index contributed by atoms with van der Waals surface area (Å²) in [4.78, 5) is 27.1. The van der Waals surface area contributed by atoms with Gasteiger partial charge >= 0.3 is 0 Å². The molecule has 1 aromatic rings. The number of ether oxygens (including phenoxy) is 1. The molecule has 6 heteroatoms. The Bertz CT molecular complexity index is 846. The molecule has 3 fully saturated rings. The zero-order chi connectivity index (χ0) is 17.3. The summed E-state index contributed by atoms with van der Waals surface area (Å²) >= 11 is 0. The molecular formula is C18H15N3O3. The molecule has 0 radical (unpaired) electrons. The van der Waals surface area contributed by atoms with Gasteiger partial charge in [0.25, 0.3) is 0 Å². The van der Waals surface area contributed by atoms with Gasteiger partial charge < -0.3 is 4.74 Å². The highest BCUT2D eigenvalue weighted by Crippen LogP contribution is 2.60. The molecule has 4 atom stereocenters. The predicted molar refractivity (Wildman–Crippen MR) is 82.5 cm³/mol. The Balaban J connectivity index is 1.80. The fourth-order valence-electron chi connectivity index (χ4n) is 4.58. The van der Waals surface area contributed by atoms with Gasteiger partial charge in [-0.15, -0.1) is 0 Å². The summed E-state index contributed by atoms with van der Waals surface area (Å²) in [5.74, 6) is -1.51. The SMILES string of the molecule is CC12CCC(C)(O1)C1C(=O)N(c3ccc(C#N)c(C#N)c3)C(=O)C12. The maximum Gasteiger partial charge on any atom is 0.240 e. The summed E-state index contributed by atoms with van der Waals surface area (Å²) in [7, 11) is 0. The minimum atomic E-state index is -0.606. The van der Waals surface area contributed by atoms with Crippen molar-refractivity contribution in [2.24, 2.45) is 11.8 Å². The van der Waals surface area contributed by atoms with Gasteiger partial charge in [0.2, 0.25) is 11.8 Å². The molecule has 3 aliphatic heterocycles. The third-order valence-corrected chi connectivity index (χ3v) is 5.71. The van der Waals surface area contributed by atoms with Crippen LogP contribution in [-0.2, 0) is 14.3 Å². The van der Waals surface area contributed by atoms with E-state index in [1.165, 1.54) is 17.0 Å². The smallest absolute Gasteiger partial charge is 0.240 e. The van der Waals surface area contributed by atoms with E-state index in [0.29, 0.717) is 5.69 Å². The number of hydrogen-bond donors (Lipinski definition) is 0. The van der Waals surface area contributed by atoms with Crippen LogP contribution in [0.15, 0.2) is 18.2 Å². The fourth-order valence-corrected chi connectivity index (χ4v) is 4.58. The van der Waals surface area contributed by atoms with E-state index in [9.17, 15) is 14.9 Å². The minimum Gasteiger partial charge on any atom is -0.367 e. The topological polar surface area (TPSA) is 94.2 Å². The average molecular weight is 321 g/mol. The lowest BCUT2D eigenvalue weighted by Gasteiger charge is -2.27. The number of carbonyl (C=O) groups is 2. The maximum absolute atomic E-state index is 13.0. The molecule has 0 aliphatic carbocycles. The van der Waals surface area contributed by atoms with Crippen molar-refractivity contribution in [2.45, 2.75) is 37.9 Å². The molecule has 6 nitrogen and oxygen atoms in total. The average Bonchev–Trinajstić information content (AvgIpc) is 3.11. The maximum atomic E-state index is 13.0. The second kappa shape index (κ2) is 4.43. The molecule has 3 heterocycles. The highest BCUT2D eigenvalue weighted by atomic mass is 16.5. The van der Waals surface area contributed by atoms with E-state index in [4.69, 9.17) is 10.00 Å². The van der Waals surface area contributed by atoms with Crippen LogP contribution in [0.25, 0.3) is 0 Å². The number of imide groups is 1. The lowest BCUT2D eigenvalue weighted by molar-refractivity contribution is -0.129. The Hall–Kier alpha value is -2.70. The molecule has 2 amide bonds. The molecule has 0 saturated carbocycles. The first-order valence-electron chi connectivity index (χ1n) is 7.87. The Kier molecular flexibility index (Phi) is 2.75. The molecule has 4 unspecified atom stereocenters. The molecule has 0 N–H and O–H groups in total. The predicted octanol–water partition coefficient (Wildman–Crippen LogP) is 1.88. The zero-order valence-corrected chi connectivity index (χ0v) is 13.4. The van der Waals surface area contributed by atoms with Crippen LogP contribution in [0.3, 0.4) is 0 Å². The Morgan fingerprint density at radius 2 is 1.58 bits per heavy atom. The van der Waals surface area contributed by atoms with Crippen molar-refractivity contribution in [1.29, 1.82) is 10.5 Å². The molecule has 24 heavy (non-hydrogen) atoms. The quantitative estimate of drug-likeness (QED) is 0.736. The number of nitrogens with zero attached hydrogens (tertiary/aromatic N) is 3. The number of nitriles is 2. The summed E-state index contributed by atoms with van der Waals surface area (Å²) < 4.78 is 6.06. The van der Waals surface area contributed by atoms with Crippen LogP contribution in [0, 0.1) is 34.5 Å². The number of rotatable bonds is 1. The molecule has 2 bridgehead atoms. The van der Waals surface area contributed by atoms with Gasteiger partial charge in [0.15, 0.2) is 0 Å². The number of amides is 2. The van der Waals surface area contributed by atoms with Crippen LogP contribution >= 0.6 is 0 Å². The number of fused-ring (bicyclic) bond motifs is 5. The van der Waals surface area contributed by atoms with E-state index >= 15 is 0 Å². The van der Waals surface area contributed by atoms with Gasteiger partial charge in [-0.1, -0.05) is 0 Å². The van der Waals surface area contributed by atoms with Crippen LogP contribution in [0.1, 0.15) is 37.8 Å². The van der Waals surface area contributed by atoms with Crippen LogP contribution in [-0.4, -0.2) is 23.0 Å². The van der Waals surface area contributed by atoms with Crippen LogP contribution < -0.4 is 4.90 Å². The summed E-state index contributed by atoms with van der Waals surface area (Å²) in [6.45, 7) is 3.80. The summed E-state index contributed by atoms with van der Waals surface area (Å²) in [6.07, 6.45) is 1.52. The largest absolute Gasteiger partial charge is 0.367 e. The molecule has 0 aromatic heterocycles. The summed E-state index contributed by atoms with van der Waals surface area (Å²) in [5.41, 5.74) is -0.481. The summed E-state index contributed by atoms with van der Waals surface area (Å²) in [5, 5.41) is 18.2. The first kappa shape index (κ1) is 14.9. The number of hydrogen-bond acceptors (Lipinski definition) is 5. The van der Waals surface area contributed by atoms with Gasteiger partial charge in [-0.05, 0) is 44.9 Å². The number of benzene rings is 1. The Morgan fingerprint density at radius 3 is 2.08 bits per heavy atom. The molecule has 1 aromatic carbocycles. The minimum absolute atomic E-state index is 0.157. The van der Waals surface area contributed by atoms with Crippen LogP contribution in [0.4, 0.5) is 5.69 Å². The molecule has 3 aliphatic rings. The van der Waals surface area contributed by atoms with Gasteiger partial charge in [0.1, 0.15) is 12.1 Å². The molecular weight excluding hydrogens is 306 g/mol. The highest BCUT2D eigenvalue weighted by molar-refractivity contribution is 6.23. The first-order chi connectivity index (χ1) is 11.3. The Morgan fingerprint density at radius 1 is 1.04 bits per heavy atom. The van der Waals surface area contributed by atoms with E-state index in [-0.39, 0.29) is 22.9 Å². The zero-order valence-electron chi connectivity index (χ0n) is 13.4. The third-order valence-electron chi connectivity index (χ3n) is 5.71. The molecule has 0 spiro atoms. The van der Waals surface area contributed by atoms with Crippen molar-refractivity contribution >= 4 is 17.5 Å². The Labute approximate surface area is 139 Å². The third kappa shape index (κ3) is 1.61. The van der Waals surface area contributed by atoms with E-state index < -0.39 is 23.0 Å². The monoisotopic (exact) mass is 321 g/mol. The number of carbonyl (C=O) groups excluding carboxylic acids is 2. The van der Waals surface area contributed by atoms with Crippen molar-refractivity contribution in [3.05, 3.63) is 29.3 Å². The van der Waals surface area contributed by atoms with Crippen molar-refractivity contribution in [1.82, 2.24) is 0 Å². The van der Waals surface area contributed by atoms with Gasteiger partial charge in [0.05, 0.1) is 39.9 Å². The van der Waals surface area contributed by atoms with Crippen molar-refractivity contribution in [3.8, 4) is 12.1 Å². The lowest BCUT2D eigenvalue weighted by Crippen LogP contribution is -2.40. The van der Waals surface area contributed by atoms with Gasteiger partial charge in [-0.25, -0.2) is 4.90 Å². The highest BCUT2D eigenvalue weighted by Gasteiger charge is 2.72. The first-order valence-corrected chi connectivity index (χ1v) is 7.87. The number of anilines is 1. The van der Waals surface area contributed by atoms with Crippen LogP contribution in [0.5, 0.6) is 0 Å². The van der Waals surface area contributed by atoms with Crippen molar-refractivity contribution < 1.29 is 14.3 Å². The summed E-state index contributed by atoms with van der Waals surface area (Å²) in [6, 6.07) is 8.32. The van der Waals surface area contributed by atoms with Gasteiger partial charge in [0, 0.05) is 0 Å². The second-order valence-corrected chi connectivity index (χ2v) is 7.15. The normalized spacial score (nSPS) is 36.6. The fraction of sp³-hybridized carbons (Fsp3) is 0.444. The van der Waals surface area contributed by atoms with E-state index in [2.05, 4.69) is 0 Å². The molecule has 4 rings (SSSR count). The van der Waals surface area contributed by atoms with Crippen molar-refractivity contribution in [2.75, 3.05) is 4.90 Å². The van der Waals surface area contributed by atoms with E-state index in [1.807, 2.05) is 26.0 Å². The molecule has 3 saturated heterocycles. The molecule has 120 valence electrons. The second-order valence-electron chi connectivity index (χ2n) is 7.15. The van der Waals surface area contributed by atoms with Crippen molar-refractivity contribution in [3.63, 3.8) is 0 Å². The van der Waals surface area contributed by atoms with Gasteiger partial charge in [-0.2, -0.15) is 10.5 Å². The standard InChI is InChI=1S/C18H15N3O3/c1-17-5-6-18(2,24-17)14-13(17)15(22)21(16(14)23)12-4-3-10(8-19)11(7-12)9-20/h3-4,7,13-14H,5-6H2,1-2H3. The van der Waals surface area contributed by atoms with Crippen LogP contribution in [0.2, 0.25) is 0 Å². The van der Waals surface area contributed by atoms with E-state index in [1.54, 1.807) is 6.07 Å². The van der Waals surface area contributed by atoms with Gasteiger partial charge in [-0.3, -0.25) is 9.59 Å². The van der Waals surface area contributed by atoms with E-state index in [0.717, 1.165) is 12.8 Å².